The van der Waals surface area contributed by atoms with Gasteiger partial charge in [-0.3, -0.25) is 4.79 Å². The predicted molar refractivity (Wildman–Crippen MR) is 128 cm³/mol. The molecule has 0 fully saturated rings. The SMILES string of the molecule is CC/C=C\C[C@@H](O)/C=C/C=C\C=C\C=C\CC[C@H](O)/C(O)=C\CCC(=O)OCC(C)C. The van der Waals surface area contributed by atoms with E-state index in [1.807, 2.05) is 68.5 Å². The van der Waals surface area contributed by atoms with Crippen LogP contribution in [0.25, 0.3) is 0 Å². The number of ether oxygens (including phenoxy) is 1. The van der Waals surface area contributed by atoms with E-state index < -0.39 is 12.2 Å². The number of carbonyl (C=O) groups excluding carboxylic acids is 1. The van der Waals surface area contributed by atoms with Crippen LogP contribution in [0.3, 0.4) is 0 Å². The van der Waals surface area contributed by atoms with Crippen LogP contribution in [0.4, 0.5) is 0 Å². The van der Waals surface area contributed by atoms with Crippen LogP contribution in [-0.4, -0.2) is 40.1 Å². The molecular weight excluding hydrogens is 392 g/mol. The largest absolute Gasteiger partial charge is 0.510 e. The van der Waals surface area contributed by atoms with Crippen LogP contribution in [-0.2, 0) is 9.53 Å². The number of rotatable bonds is 16. The topological polar surface area (TPSA) is 87.0 Å². The normalized spacial score (nSPS) is 15.4. The van der Waals surface area contributed by atoms with Gasteiger partial charge in [0.05, 0.1) is 12.7 Å². The fraction of sp³-hybridized carbons (Fsp3) is 0.500. The van der Waals surface area contributed by atoms with Crippen LogP contribution in [0.5, 0.6) is 0 Å². The predicted octanol–water partition coefficient (Wildman–Crippen LogP) is 5.49. The summed E-state index contributed by atoms with van der Waals surface area (Å²) in [6.45, 7) is 6.39. The van der Waals surface area contributed by atoms with Gasteiger partial charge in [-0.2, -0.15) is 0 Å². The lowest BCUT2D eigenvalue weighted by Crippen LogP contribution is -2.11. The molecule has 0 rings (SSSR count). The molecule has 0 saturated carbocycles. The highest BCUT2D eigenvalue weighted by molar-refractivity contribution is 5.69. The zero-order chi connectivity index (χ0) is 23.3. The Morgan fingerprint density at radius 2 is 1.61 bits per heavy atom. The molecule has 0 radical (unpaired) electrons. The molecule has 174 valence electrons. The van der Waals surface area contributed by atoms with Gasteiger partial charge < -0.3 is 20.1 Å². The lowest BCUT2D eigenvalue weighted by atomic mass is 10.1. The van der Waals surface area contributed by atoms with Gasteiger partial charge in [0.1, 0.15) is 11.9 Å². The Balaban J connectivity index is 4.02. The van der Waals surface area contributed by atoms with Crippen molar-refractivity contribution in [3.63, 3.8) is 0 Å². The summed E-state index contributed by atoms with van der Waals surface area (Å²) in [4.78, 5) is 11.5. The lowest BCUT2D eigenvalue weighted by molar-refractivity contribution is -0.144. The Bertz CT molecular complexity index is 638. The third-order valence-corrected chi connectivity index (χ3v) is 4.03. The summed E-state index contributed by atoms with van der Waals surface area (Å²) in [6.07, 6.45) is 22.0. The molecule has 31 heavy (non-hydrogen) atoms. The number of hydrogen-bond donors (Lipinski definition) is 3. The van der Waals surface area contributed by atoms with Crippen molar-refractivity contribution in [2.45, 2.75) is 71.5 Å². The molecule has 0 aliphatic carbocycles. The van der Waals surface area contributed by atoms with Crippen molar-refractivity contribution in [3.8, 4) is 0 Å². The van der Waals surface area contributed by atoms with Crippen molar-refractivity contribution in [2.24, 2.45) is 5.92 Å². The number of allylic oxidation sites excluding steroid dienone is 9. The number of hydrogen-bond acceptors (Lipinski definition) is 5. The minimum absolute atomic E-state index is 0.109. The third kappa shape index (κ3) is 19.3. The molecule has 2 atom stereocenters. The summed E-state index contributed by atoms with van der Waals surface area (Å²) in [5, 5.41) is 29.5. The van der Waals surface area contributed by atoms with Crippen LogP contribution in [0.2, 0.25) is 0 Å². The molecule has 0 amide bonds. The first-order valence-corrected chi connectivity index (χ1v) is 11.1. The van der Waals surface area contributed by atoms with Crippen molar-refractivity contribution >= 4 is 5.97 Å². The average molecular weight is 433 g/mol. The van der Waals surface area contributed by atoms with E-state index in [1.54, 1.807) is 6.08 Å². The highest BCUT2D eigenvalue weighted by Gasteiger charge is 2.09. The monoisotopic (exact) mass is 432 g/mol. The molecule has 0 bridgehead atoms. The van der Waals surface area contributed by atoms with Gasteiger partial charge in [-0.25, -0.2) is 0 Å². The molecule has 0 unspecified atom stereocenters. The van der Waals surface area contributed by atoms with Gasteiger partial charge in [-0.1, -0.05) is 81.5 Å². The van der Waals surface area contributed by atoms with Gasteiger partial charge in [-0.15, -0.1) is 0 Å². The molecule has 5 heteroatoms. The van der Waals surface area contributed by atoms with Crippen LogP contribution in [0.15, 0.2) is 72.6 Å². The maximum Gasteiger partial charge on any atom is 0.306 e. The third-order valence-electron chi connectivity index (χ3n) is 4.03. The van der Waals surface area contributed by atoms with E-state index in [0.29, 0.717) is 38.2 Å². The summed E-state index contributed by atoms with van der Waals surface area (Å²) >= 11 is 0. The Kier molecular flexibility index (Phi) is 18.1. The average Bonchev–Trinajstić information content (AvgIpc) is 2.73. The first-order chi connectivity index (χ1) is 14.9. The number of aliphatic hydroxyl groups excluding tert-OH is 3. The molecule has 0 aromatic rings. The molecule has 0 aliphatic heterocycles. The standard InChI is InChI=1S/C26H40O5/c1-4-5-12-16-23(27)17-13-10-8-6-7-9-11-14-18-24(28)25(29)19-15-20-26(30)31-21-22(2)3/h5-13,17,19,22-24,27-29H,4,14-16,18,20-21H2,1-3H3/b7-6+,10-8-,11-9+,12-5-,17-13+,25-19+/t23-,24+/m1/s1. The second-order valence-corrected chi connectivity index (χ2v) is 7.60. The first-order valence-electron chi connectivity index (χ1n) is 11.1. The molecule has 0 aromatic carbocycles. The van der Waals surface area contributed by atoms with Crippen molar-refractivity contribution in [3.05, 3.63) is 72.6 Å². The van der Waals surface area contributed by atoms with E-state index in [0.717, 1.165) is 6.42 Å². The molecule has 0 saturated heterocycles. The minimum atomic E-state index is -0.941. The van der Waals surface area contributed by atoms with Crippen LogP contribution < -0.4 is 0 Å². The van der Waals surface area contributed by atoms with Gasteiger partial charge in [0, 0.05) is 6.42 Å². The second kappa shape index (κ2) is 19.6. The summed E-state index contributed by atoms with van der Waals surface area (Å²) in [7, 11) is 0. The molecule has 3 N–H and O–H groups in total. The van der Waals surface area contributed by atoms with Gasteiger partial charge in [0.25, 0.3) is 0 Å². The molecule has 0 aliphatic rings. The van der Waals surface area contributed by atoms with Crippen LogP contribution >= 0.6 is 0 Å². The van der Waals surface area contributed by atoms with Gasteiger partial charge >= 0.3 is 5.97 Å². The molecule has 0 spiro atoms. The second-order valence-electron chi connectivity index (χ2n) is 7.60. The quantitative estimate of drug-likeness (QED) is 0.130. The maximum atomic E-state index is 11.5. The van der Waals surface area contributed by atoms with E-state index in [1.165, 1.54) is 6.08 Å². The Morgan fingerprint density at radius 3 is 2.29 bits per heavy atom. The molecular formula is C26H40O5. The van der Waals surface area contributed by atoms with E-state index in [-0.39, 0.29) is 18.1 Å². The highest BCUT2D eigenvalue weighted by Crippen LogP contribution is 2.09. The van der Waals surface area contributed by atoms with Crippen molar-refractivity contribution in [1.82, 2.24) is 0 Å². The van der Waals surface area contributed by atoms with Crippen LogP contribution in [0, 0.1) is 5.92 Å². The van der Waals surface area contributed by atoms with Crippen LogP contribution in [0.1, 0.15) is 59.3 Å². The van der Waals surface area contributed by atoms with E-state index >= 15 is 0 Å². The van der Waals surface area contributed by atoms with Gasteiger partial charge in [0.2, 0.25) is 0 Å². The lowest BCUT2D eigenvalue weighted by Gasteiger charge is -2.09. The molecule has 5 nitrogen and oxygen atoms in total. The summed E-state index contributed by atoms with van der Waals surface area (Å²) in [5.74, 6) is -0.114. The van der Waals surface area contributed by atoms with E-state index in [2.05, 4.69) is 6.92 Å². The van der Waals surface area contributed by atoms with Crippen molar-refractivity contribution < 1.29 is 24.9 Å². The van der Waals surface area contributed by atoms with Gasteiger partial charge in [-0.05, 0) is 44.1 Å². The number of esters is 1. The Labute approximate surface area is 187 Å². The zero-order valence-electron chi connectivity index (χ0n) is 19.2. The summed E-state index contributed by atoms with van der Waals surface area (Å²) < 4.78 is 5.06. The molecule has 0 aromatic heterocycles. The Hall–Kier alpha value is -2.37. The smallest absolute Gasteiger partial charge is 0.306 e. The maximum absolute atomic E-state index is 11.5. The minimum Gasteiger partial charge on any atom is -0.510 e. The summed E-state index contributed by atoms with van der Waals surface area (Å²) in [6, 6.07) is 0. The van der Waals surface area contributed by atoms with E-state index in [4.69, 9.17) is 4.74 Å². The number of aliphatic hydroxyl groups is 3. The fourth-order valence-electron chi connectivity index (χ4n) is 2.31. The van der Waals surface area contributed by atoms with E-state index in [9.17, 15) is 20.1 Å². The Morgan fingerprint density at radius 1 is 0.935 bits per heavy atom. The van der Waals surface area contributed by atoms with Gasteiger partial charge in [0.15, 0.2) is 0 Å². The summed E-state index contributed by atoms with van der Waals surface area (Å²) in [5.41, 5.74) is 0. The zero-order valence-corrected chi connectivity index (χ0v) is 19.2. The highest BCUT2D eigenvalue weighted by atomic mass is 16.5. The fourth-order valence-corrected chi connectivity index (χ4v) is 2.31. The van der Waals surface area contributed by atoms with Crippen molar-refractivity contribution in [1.29, 1.82) is 0 Å². The number of carbonyl (C=O) groups is 1. The van der Waals surface area contributed by atoms with Crippen molar-refractivity contribution in [2.75, 3.05) is 6.61 Å². The molecule has 0 heterocycles. The first kappa shape index (κ1) is 28.6.